The third-order valence-corrected chi connectivity index (χ3v) is 3.75. The van der Waals surface area contributed by atoms with Crippen LogP contribution in [0.1, 0.15) is 52.6 Å². The summed E-state index contributed by atoms with van der Waals surface area (Å²) in [4.78, 5) is 24.4. The van der Waals surface area contributed by atoms with Crippen LogP contribution in [0.15, 0.2) is 54.6 Å². The molecule has 0 bridgehead atoms. The van der Waals surface area contributed by atoms with Crippen molar-refractivity contribution in [2.75, 3.05) is 6.61 Å². The number of carbonyl (C=O) groups excluding carboxylic acids is 2. The van der Waals surface area contributed by atoms with Gasteiger partial charge in [-0.2, -0.15) is 0 Å². The lowest BCUT2D eigenvalue weighted by Gasteiger charge is -2.18. The summed E-state index contributed by atoms with van der Waals surface area (Å²) < 4.78 is 0. The van der Waals surface area contributed by atoms with Gasteiger partial charge in [-0.25, -0.2) is 0 Å². The number of nitrogens with one attached hydrogen (secondary N) is 2. The van der Waals surface area contributed by atoms with Gasteiger partial charge < -0.3 is 15.7 Å². The van der Waals surface area contributed by atoms with Gasteiger partial charge in [-0.3, -0.25) is 9.59 Å². The predicted molar refractivity (Wildman–Crippen MR) is 97.4 cm³/mol. The fourth-order valence-corrected chi connectivity index (χ4v) is 2.50. The van der Waals surface area contributed by atoms with Gasteiger partial charge in [0.25, 0.3) is 11.8 Å². The molecule has 2 rings (SSSR count). The molecular formula is C20H24N2O3. The van der Waals surface area contributed by atoms with Gasteiger partial charge in [-0.05, 0) is 50.1 Å². The maximum absolute atomic E-state index is 12.5. The Balaban J connectivity index is 2.07. The molecule has 132 valence electrons. The number of carbonyl (C=O) groups is 2. The van der Waals surface area contributed by atoms with Gasteiger partial charge in [-0.1, -0.05) is 30.3 Å². The molecule has 5 nitrogen and oxygen atoms in total. The molecule has 1 unspecified atom stereocenters. The average Bonchev–Trinajstić information content (AvgIpc) is 2.61. The van der Waals surface area contributed by atoms with Crippen molar-refractivity contribution in [2.24, 2.45) is 0 Å². The molecule has 0 aliphatic carbocycles. The Labute approximate surface area is 148 Å². The van der Waals surface area contributed by atoms with Crippen LogP contribution in [-0.2, 0) is 0 Å². The monoisotopic (exact) mass is 340 g/mol. The largest absolute Gasteiger partial charge is 0.396 e. The van der Waals surface area contributed by atoms with E-state index in [-0.39, 0.29) is 30.5 Å². The van der Waals surface area contributed by atoms with E-state index in [1.807, 2.05) is 44.2 Å². The summed E-state index contributed by atoms with van der Waals surface area (Å²) in [5.41, 5.74) is 1.93. The first-order valence-electron chi connectivity index (χ1n) is 8.39. The molecule has 0 spiro atoms. The summed E-state index contributed by atoms with van der Waals surface area (Å²) in [5, 5.41) is 15.0. The minimum Gasteiger partial charge on any atom is -0.396 e. The average molecular weight is 340 g/mol. The summed E-state index contributed by atoms with van der Waals surface area (Å²) in [5.74, 6) is -0.400. The van der Waals surface area contributed by atoms with Gasteiger partial charge >= 0.3 is 0 Å². The molecule has 0 aromatic heterocycles. The molecule has 0 fully saturated rings. The minimum atomic E-state index is -0.261. The summed E-state index contributed by atoms with van der Waals surface area (Å²) >= 11 is 0. The zero-order chi connectivity index (χ0) is 18.2. The van der Waals surface area contributed by atoms with Crippen molar-refractivity contribution in [3.8, 4) is 0 Å². The normalized spacial score (nSPS) is 11.8. The highest BCUT2D eigenvalue weighted by Crippen LogP contribution is 2.17. The third kappa shape index (κ3) is 5.43. The molecule has 2 aromatic rings. The zero-order valence-corrected chi connectivity index (χ0v) is 14.5. The van der Waals surface area contributed by atoms with Gasteiger partial charge in [0.05, 0.1) is 6.04 Å². The molecule has 0 saturated heterocycles. The quantitative estimate of drug-likeness (QED) is 0.725. The van der Waals surface area contributed by atoms with E-state index in [1.54, 1.807) is 24.3 Å². The van der Waals surface area contributed by atoms with Crippen LogP contribution in [0, 0.1) is 0 Å². The van der Waals surface area contributed by atoms with Crippen molar-refractivity contribution in [2.45, 2.75) is 32.4 Å². The summed E-state index contributed by atoms with van der Waals surface area (Å²) in [7, 11) is 0. The molecule has 0 radical (unpaired) electrons. The Kier molecular flexibility index (Phi) is 6.71. The highest BCUT2D eigenvalue weighted by atomic mass is 16.3. The Morgan fingerprint density at radius 1 is 0.880 bits per heavy atom. The lowest BCUT2D eigenvalue weighted by molar-refractivity contribution is 0.0922. The number of aliphatic hydroxyl groups excluding tert-OH is 1. The Hall–Kier alpha value is -2.66. The molecule has 0 saturated carbocycles. The first-order chi connectivity index (χ1) is 12.0. The minimum absolute atomic E-state index is 0.0197. The zero-order valence-electron chi connectivity index (χ0n) is 14.5. The van der Waals surface area contributed by atoms with E-state index in [0.29, 0.717) is 17.5 Å². The highest BCUT2D eigenvalue weighted by molar-refractivity contribution is 5.98. The Morgan fingerprint density at radius 2 is 1.40 bits per heavy atom. The second-order valence-electron chi connectivity index (χ2n) is 6.15. The molecule has 25 heavy (non-hydrogen) atoms. The predicted octanol–water partition coefficient (Wildman–Crippen LogP) is 2.68. The fourth-order valence-electron chi connectivity index (χ4n) is 2.50. The Morgan fingerprint density at radius 3 is 1.88 bits per heavy atom. The van der Waals surface area contributed by atoms with E-state index in [9.17, 15) is 14.7 Å². The maximum Gasteiger partial charge on any atom is 0.251 e. The number of rotatable bonds is 7. The molecule has 2 amide bonds. The van der Waals surface area contributed by atoms with Gasteiger partial charge in [0, 0.05) is 23.8 Å². The first-order valence-corrected chi connectivity index (χ1v) is 8.39. The van der Waals surface area contributed by atoms with Crippen molar-refractivity contribution in [1.82, 2.24) is 10.6 Å². The standard InChI is InChI=1S/C20H24N2O3/c1-14(2)21-19(24)16-8-10-17(11-9-16)20(25)22-18(12-13-23)15-6-4-3-5-7-15/h3-11,14,18,23H,12-13H2,1-2H3,(H,21,24)(H,22,25). The van der Waals surface area contributed by atoms with Crippen LogP contribution in [0.25, 0.3) is 0 Å². The van der Waals surface area contributed by atoms with Crippen LogP contribution in [0.4, 0.5) is 0 Å². The van der Waals surface area contributed by atoms with Crippen molar-refractivity contribution >= 4 is 11.8 Å². The van der Waals surface area contributed by atoms with Crippen molar-refractivity contribution < 1.29 is 14.7 Å². The second kappa shape index (κ2) is 8.99. The van der Waals surface area contributed by atoms with Crippen LogP contribution < -0.4 is 10.6 Å². The van der Waals surface area contributed by atoms with Gasteiger partial charge in [0.15, 0.2) is 0 Å². The van der Waals surface area contributed by atoms with Gasteiger partial charge in [-0.15, -0.1) is 0 Å². The molecule has 2 aromatic carbocycles. The van der Waals surface area contributed by atoms with Crippen LogP contribution in [0.3, 0.4) is 0 Å². The van der Waals surface area contributed by atoms with Crippen LogP contribution in [-0.4, -0.2) is 29.6 Å². The van der Waals surface area contributed by atoms with Crippen LogP contribution in [0.2, 0.25) is 0 Å². The highest BCUT2D eigenvalue weighted by Gasteiger charge is 2.16. The SMILES string of the molecule is CC(C)NC(=O)c1ccc(C(=O)NC(CCO)c2ccccc2)cc1. The van der Waals surface area contributed by atoms with Crippen molar-refractivity contribution in [1.29, 1.82) is 0 Å². The Bertz CT molecular complexity index is 697. The molecule has 0 aliphatic rings. The summed E-state index contributed by atoms with van der Waals surface area (Å²) in [6, 6.07) is 15.9. The first kappa shape index (κ1) is 18.7. The van der Waals surface area contributed by atoms with E-state index >= 15 is 0 Å². The molecular weight excluding hydrogens is 316 g/mol. The smallest absolute Gasteiger partial charge is 0.251 e. The number of hydrogen-bond acceptors (Lipinski definition) is 3. The van der Waals surface area contributed by atoms with Crippen LogP contribution >= 0.6 is 0 Å². The lowest BCUT2D eigenvalue weighted by Crippen LogP contribution is -2.30. The fraction of sp³-hybridized carbons (Fsp3) is 0.300. The van der Waals surface area contributed by atoms with Crippen LogP contribution in [0.5, 0.6) is 0 Å². The number of aliphatic hydroxyl groups is 1. The molecule has 1 atom stereocenters. The summed E-state index contributed by atoms with van der Waals surface area (Å²) in [6.07, 6.45) is 0.435. The van der Waals surface area contributed by atoms with Crippen molar-refractivity contribution in [3.63, 3.8) is 0 Å². The second-order valence-corrected chi connectivity index (χ2v) is 6.15. The van der Waals surface area contributed by atoms with E-state index in [2.05, 4.69) is 10.6 Å². The molecule has 5 heteroatoms. The maximum atomic E-state index is 12.5. The van der Waals surface area contributed by atoms with E-state index in [4.69, 9.17) is 0 Å². The van der Waals surface area contributed by atoms with Gasteiger partial charge in [0.2, 0.25) is 0 Å². The molecule has 3 N–H and O–H groups in total. The summed E-state index contributed by atoms with van der Waals surface area (Å²) in [6.45, 7) is 3.77. The lowest BCUT2D eigenvalue weighted by atomic mass is 10.0. The van der Waals surface area contributed by atoms with E-state index < -0.39 is 0 Å². The van der Waals surface area contributed by atoms with Crippen molar-refractivity contribution in [3.05, 3.63) is 71.3 Å². The van der Waals surface area contributed by atoms with Gasteiger partial charge in [0.1, 0.15) is 0 Å². The van der Waals surface area contributed by atoms with E-state index in [0.717, 1.165) is 5.56 Å². The third-order valence-electron chi connectivity index (χ3n) is 3.75. The topological polar surface area (TPSA) is 78.4 Å². The van der Waals surface area contributed by atoms with E-state index in [1.165, 1.54) is 0 Å². The number of benzene rings is 2. The number of amides is 2. The number of hydrogen-bond donors (Lipinski definition) is 3. The molecule has 0 heterocycles. The molecule has 0 aliphatic heterocycles.